The van der Waals surface area contributed by atoms with Crippen LogP contribution in [0.2, 0.25) is 18.1 Å². The van der Waals surface area contributed by atoms with Gasteiger partial charge in [-0.25, -0.2) is 4.68 Å². The molecule has 0 unspecified atom stereocenters. The minimum Gasteiger partial charge on any atom is -0.544 e. The van der Waals surface area contributed by atoms with E-state index in [-0.39, 0.29) is 5.04 Å². The fourth-order valence-corrected chi connectivity index (χ4v) is 2.07. The lowest BCUT2D eigenvalue weighted by Crippen LogP contribution is -2.40. The van der Waals surface area contributed by atoms with E-state index in [0.717, 1.165) is 0 Å². The number of hydrogen-bond acceptors (Lipinski definition) is 2. The molecule has 0 spiro atoms. The zero-order valence-electron chi connectivity index (χ0n) is 11.4. The second kappa shape index (κ2) is 4.92. The van der Waals surface area contributed by atoms with Gasteiger partial charge in [0.25, 0.3) is 0 Å². The van der Waals surface area contributed by atoms with Crippen LogP contribution in [-0.4, -0.2) is 18.1 Å². The number of hydrogen-bond donors (Lipinski definition) is 0. The molecule has 1 heterocycles. The average Bonchev–Trinajstić information content (AvgIpc) is 2.64. The van der Waals surface area contributed by atoms with Gasteiger partial charge in [0.2, 0.25) is 8.32 Å². The van der Waals surface area contributed by atoms with Crippen LogP contribution in [0.15, 0.2) is 36.9 Å². The Morgan fingerprint density at radius 1 is 1.41 bits per heavy atom. The predicted octanol–water partition coefficient (Wildman–Crippen LogP) is 3.89. The Labute approximate surface area is 105 Å². The average molecular weight is 250 g/mol. The number of allylic oxidation sites excluding steroid dienone is 1. The quantitative estimate of drug-likeness (QED) is 0.460. The lowest BCUT2D eigenvalue weighted by atomic mass is 10.2. The highest BCUT2D eigenvalue weighted by atomic mass is 28.4. The van der Waals surface area contributed by atoms with Crippen molar-refractivity contribution in [3.63, 3.8) is 0 Å². The Kier molecular flexibility index (Phi) is 3.98. The van der Waals surface area contributed by atoms with Crippen molar-refractivity contribution in [3.05, 3.63) is 36.9 Å². The molecule has 0 aliphatic heterocycles. The van der Waals surface area contributed by atoms with Crippen LogP contribution in [0.5, 0.6) is 0 Å². The molecule has 1 aromatic heterocycles. The van der Waals surface area contributed by atoms with Crippen molar-refractivity contribution in [2.45, 2.75) is 38.9 Å². The molecule has 0 N–H and O–H groups in total. The smallest absolute Gasteiger partial charge is 0.250 e. The lowest BCUT2D eigenvalue weighted by molar-refractivity contribution is 0.402. The first-order valence-corrected chi connectivity index (χ1v) is 8.68. The molecule has 0 aromatic carbocycles. The van der Waals surface area contributed by atoms with Crippen molar-refractivity contribution in [1.29, 1.82) is 0 Å². The summed E-state index contributed by atoms with van der Waals surface area (Å²) in [5.41, 5.74) is 0. The Bertz CT molecular complexity index is 400. The van der Waals surface area contributed by atoms with Crippen LogP contribution < -0.4 is 0 Å². The summed E-state index contributed by atoms with van der Waals surface area (Å²) in [6.45, 7) is 15.0. The van der Waals surface area contributed by atoms with Crippen LogP contribution in [0, 0.1) is 0 Å². The molecule has 0 atom stereocenters. The second-order valence-corrected chi connectivity index (χ2v) is 10.4. The summed E-state index contributed by atoms with van der Waals surface area (Å²) in [4.78, 5) is 0. The van der Waals surface area contributed by atoms with Gasteiger partial charge in [-0.3, -0.25) is 0 Å². The van der Waals surface area contributed by atoms with Gasteiger partial charge in [-0.2, -0.15) is 5.10 Å². The molecule has 0 bridgehead atoms. The van der Waals surface area contributed by atoms with Crippen molar-refractivity contribution in [2.75, 3.05) is 0 Å². The van der Waals surface area contributed by atoms with Crippen LogP contribution in [0.3, 0.4) is 0 Å². The summed E-state index contributed by atoms with van der Waals surface area (Å²) < 4.78 is 7.74. The molecule has 0 radical (unpaired) electrons. The molecule has 0 amide bonds. The van der Waals surface area contributed by atoms with E-state index in [1.54, 1.807) is 10.9 Å². The first-order valence-electron chi connectivity index (χ1n) is 5.78. The molecule has 0 fully saturated rings. The van der Waals surface area contributed by atoms with Gasteiger partial charge >= 0.3 is 0 Å². The zero-order valence-corrected chi connectivity index (χ0v) is 12.4. The number of nitrogens with zero attached hydrogens (tertiary/aromatic N) is 2. The van der Waals surface area contributed by atoms with Gasteiger partial charge in [-0.1, -0.05) is 27.4 Å². The maximum atomic E-state index is 6.02. The molecule has 0 saturated carbocycles. The highest BCUT2D eigenvalue weighted by molar-refractivity contribution is 6.74. The third-order valence-corrected chi connectivity index (χ3v) is 7.52. The van der Waals surface area contributed by atoms with E-state index in [1.807, 2.05) is 24.5 Å². The second-order valence-electron chi connectivity index (χ2n) is 5.63. The number of rotatable bonds is 4. The van der Waals surface area contributed by atoms with E-state index < -0.39 is 8.32 Å². The first-order chi connectivity index (χ1) is 7.72. The topological polar surface area (TPSA) is 27.1 Å². The monoisotopic (exact) mass is 250 g/mol. The van der Waals surface area contributed by atoms with Gasteiger partial charge in [0.05, 0.1) is 5.76 Å². The van der Waals surface area contributed by atoms with Gasteiger partial charge in [0.1, 0.15) is 0 Å². The van der Waals surface area contributed by atoms with E-state index in [9.17, 15) is 0 Å². The van der Waals surface area contributed by atoms with Crippen molar-refractivity contribution in [2.24, 2.45) is 0 Å². The van der Waals surface area contributed by atoms with E-state index in [4.69, 9.17) is 4.43 Å². The summed E-state index contributed by atoms with van der Waals surface area (Å²) in [5.74, 6) is 0.701. The minimum atomic E-state index is -1.77. The predicted molar refractivity (Wildman–Crippen MR) is 75.0 cm³/mol. The molecule has 1 rings (SSSR count). The summed E-state index contributed by atoms with van der Waals surface area (Å²) in [7, 11) is -1.77. The van der Waals surface area contributed by atoms with Gasteiger partial charge in [-0.05, 0) is 30.3 Å². The lowest BCUT2D eigenvalue weighted by Gasteiger charge is -2.36. The summed E-state index contributed by atoms with van der Waals surface area (Å²) in [6.07, 6.45) is 7.31. The van der Waals surface area contributed by atoms with Gasteiger partial charge in [0.15, 0.2) is 0 Å². The van der Waals surface area contributed by atoms with Crippen molar-refractivity contribution in [3.8, 4) is 0 Å². The van der Waals surface area contributed by atoms with Crippen molar-refractivity contribution in [1.82, 2.24) is 9.78 Å². The van der Waals surface area contributed by atoms with Crippen molar-refractivity contribution < 1.29 is 4.43 Å². The van der Waals surface area contributed by atoms with E-state index in [2.05, 4.69) is 45.5 Å². The normalized spacial score (nSPS) is 13.0. The van der Waals surface area contributed by atoms with Gasteiger partial charge in [-0.15, -0.1) is 0 Å². The largest absolute Gasteiger partial charge is 0.544 e. The van der Waals surface area contributed by atoms with Gasteiger partial charge in [0, 0.05) is 18.6 Å². The molecule has 1 aromatic rings. The van der Waals surface area contributed by atoms with Crippen LogP contribution in [0.25, 0.3) is 6.20 Å². The highest BCUT2D eigenvalue weighted by Gasteiger charge is 2.38. The SMILES string of the molecule is C=C(/C=C/n1cccn1)O[Si](C)(C)C(C)(C)C. The highest BCUT2D eigenvalue weighted by Crippen LogP contribution is 2.37. The third-order valence-electron chi connectivity index (χ3n) is 3.13. The maximum Gasteiger partial charge on any atom is 0.250 e. The zero-order chi connectivity index (χ0) is 13.1. The van der Waals surface area contributed by atoms with E-state index in [0.29, 0.717) is 5.76 Å². The molecule has 4 heteroatoms. The molecule has 0 saturated heterocycles. The van der Waals surface area contributed by atoms with Gasteiger partial charge < -0.3 is 4.43 Å². The van der Waals surface area contributed by atoms with E-state index in [1.165, 1.54) is 0 Å². The molecule has 0 aliphatic rings. The minimum absolute atomic E-state index is 0.190. The maximum absolute atomic E-state index is 6.02. The fraction of sp³-hybridized carbons (Fsp3) is 0.462. The molecule has 3 nitrogen and oxygen atoms in total. The van der Waals surface area contributed by atoms with Crippen molar-refractivity contribution >= 4 is 14.5 Å². The molecular formula is C13H22N2OSi. The Morgan fingerprint density at radius 2 is 2.06 bits per heavy atom. The molecular weight excluding hydrogens is 228 g/mol. The Hall–Kier alpha value is -1.29. The summed E-state index contributed by atoms with van der Waals surface area (Å²) in [6, 6.07) is 1.88. The molecule has 17 heavy (non-hydrogen) atoms. The standard InChI is InChI=1S/C13H22N2OSi/c1-12(8-11-15-10-7-9-14-15)16-17(5,6)13(2,3)4/h7-11H,1H2,2-6H3/b11-8+. The van der Waals surface area contributed by atoms with E-state index >= 15 is 0 Å². The summed E-state index contributed by atoms with van der Waals surface area (Å²) in [5, 5.41) is 4.27. The van der Waals surface area contributed by atoms with Crippen LogP contribution >= 0.6 is 0 Å². The number of aromatic nitrogens is 2. The molecule has 94 valence electrons. The Morgan fingerprint density at radius 3 is 2.53 bits per heavy atom. The van der Waals surface area contributed by atoms with Crippen LogP contribution in [-0.2, 0) is 4.43 Å². The van der Waals surface area contributed by atoms with Crippen LogP contribution in [0.1, 0.15) is 20.8 Å². The fourth-order valence-electron chi connectivity index (χ4n) is 1.04. The first kappa shape index (κ1) is 13.8. The van der Waals surface area contributed by atoms with Crippen LogP contribution in [0.4, 0.5) is 0 Å². The third kappa shape index (κ3) is 3.89. The Balaban J connectivity index is 2.62. The summed E-state index contributed by atoms with van der Waals surface area (Å²) >= 11 is 0. The molecule has 0 aliphatic carbocycles.